The van der Waals surface area contributed by atoms with Crippen molar-refractivity contribution in [2.75, 3.05) is 0 Å². The fraction of sp³-hybridized carbons (Fsp3) is 0.273. The van der Waals surface area contributed by atoms with Gasteiger partial charge in [0.05, 0.1) is 18.5 Å². The van der Waals surface area contributed by atoms with Crippen LogP contribution in [0.1, 0.15) is 17.1 Å². The number of nitrogens with one attached hydrogen (secondary N) is 1. The Morgan fingerprint density at radius 2 is 1.93 bits per heavy atom. The summed E-state index contributed by atoms with van der Waals surface area (Å²) >= 11 is 0. The molecule has 2 aromatic heterocycles. The van der Waals surface area contributed by atoms with Crippen LogP contribution in [0.4, 0.5) is 0 Å². The van der Waals surface area contributed by atoms with Gasteiger partial charge < -0.3 is 10.1 Å². The average Bonchev–Trinajstić information content (AvgIpc) is 2.64. The van der Waals surface area contributed by atoms with E-state index in [1.807, 2.05) is 26.0 Å². The van der Waals surface area contributed by atoms with E-state index in [0.29, 0.717) is 0 Å². The SMILES string of the molecule is Cc1cc(-c2ncc(CO)[nH]2)cc(C)n1. The van der Waals surface area contributed by atoms with Crippen molar-refractivity contribution in [3.05, 3.63) is 35.4 Å². The van der Waals surface area contributed by atoms with E-state index in [-0.39, 0.29) is 6.61 Å². The molecule has 4 heteroatoms. The number of aliphatic hydroxyl groups excluding tert-OH is 1. The third kappa shape index (κ3) is 2.05. The van der Waals surface area contributed by atoms with Gasteiger partial charge in [0.1, 0.15) is 5.82 Å². The normalized spacial score (nSPS) is 10.6. The number of imidazole rings is 1. The standard InChI is InChI=1S/C11H13N3O/c1-7-3-9(4-8(2)13-7)11-12-5-10(6-15)14-11/h3-5,15H,6H2,1-2H3,(H,12,14). The Morgan fingerprint density at radius 3 is 2.47 bits per heavy atom. The Balaban J connectivity index is 2.44. The molecule has 0 atom stereocenters. The molecule has 0 aliphatic carbocycles. The van der Waals surface area contributed by atoms with Crippen molar-refractivity contribution in [1.82, 2.24) is 15.0 Å². The van der Waals surface area contributed by atoms with Gasteiger partial charge in [0.25, 0.3) is 0 Å². The summed E-state index contributed by atoms with van der Waals surface area (Å²) in [6.07, 6.45) is 1.64. The molecule has 0 aliphatic rings. The molecular formula is C11H13N3O. The minimum atomic E-state index is -0.0178. The highest BCUT2D eigenvalue weighted by atomic mass is 16.3. The minimum absolute atomic E-state index is 0.0178. The highest BCUT2D eigenvalue weighted by molar-refractivity contribution is 5.56. The second-order valence-electron chi connectivity index (χ2n) is 3.55. The third-order valence-electron chi connectivity index (χ3n) is 2.15. The first-order valence-corrected chi connectivity index (χ1v) is 4.79. The van der Waals surface area contributed by atoms with Gasteiger partial charge in [-0.25, -0.2) is 4.98 Å². The third-order valence-corrected chi connectivity index (χ3v) is 2.15. The highest BCUT2D eigenvalue weighted by Crippen LogP contribution is 2.17. The van der Waals surface area contributed by atoms with Gasteiger partial charge in [-0.2, -0.15) is 0 Å². The summed E-state index contributed by atoms with van der Waals surface area (Å²) in [5.74, 6) is 0.771. The van der Waals surface area contributed by atoms with E-state index in [9.17, 15) is 0 Å². The second-order valence-corrected chi connectivity index (χ2v) is 3.55. The number of aliphatic hydroxyl groups is 1. The molecule has 15 heavy (non-hydrogen) atoms. The van der Waals surface area contributed by atoms with E-state index in [2.05, 4.69) is 15.0 Å². The van der Waals surface area contributed by atoms with E-state index < -0.39 is 0 Å². The van der Waals surface area contributed by atoms with E-state index >= 15 is 0 Å². The zero-order valence-electron chi connectivity index (χ0n) is 8.78. The van der Waals surface area contributed by atoms with E-state index in [1.54, 1.807) is 6.20 Å². The van der Waals surface area contributed by atoms with Crippen LogP contribution in [0.25, 0.3) is 11.4 Å². The molecule has 4 nitrogen and oxygen atoms in total. The monoisotopic (exact) mass is 203 g/mol. The number of aromatic amines is 1. The van der Waals surface area contributed by atoms with Gasteiger partial charge in [0, 0.05) is 17.0 Å². The molecule has 0 radical (unpaired) electrons. The van der Waals surface area contributed by atoms with Crippen LogP contribution in [0.3, 0.4) is 0 Å². The summed E-state index contributed by atoms with van der Waals surface area (Å²) in [7, 11) is 0. The number of aryl methyl sites for hydroxylation is 2. The van der Waals surface area contributed by atoms with E-state index in [0.717, 1.165) is 28.5 Å². The minimum Gasteiger partial charge on any atom is -0.390 e. The average molecular weight is 203 g/mol. The maximum absolute atomic E-state index is 8.92. The molecule has 2 rings (SSSR count). The largest absolute Gasteiger partial charge is 0.390 e. The van der Waals surface area contributed by atoms with Crippen LogP contribution in [-0.4, -0.2) is 20.1 Å². The van der Waals surface area contributed by atoms with Crippen LogP contribution in [0.5, 0.6) is 0 Å². The molecule has 78 valence electrons. The number of hydrogen-bond acceptors (Lipinski definition) is 3. The Labute approximate surface area is 88.0 Å². The van der Waals surface area contributed by atoms with Crippen molar-refractivity contribution < 1.29 is 5.11 Å². The van der Waals surface area contributed by atoms with E-state index in [1.165, 1.54) is 0 Å². The predicted molar refractivity (Wildman–Crippen MR) is 57.2 cm³/mol. The number of nitrogens with zero attached hydrogens (tertiary/aromatic N) is 2. The fourth-order valence-electron chi connectivity index (χ4n) is 1.56. The van der Waals surface area contributed by atoms with Gasteiger partial charge in [-0.1, -0.05) is 0 Å². The maximum Gasteiger partial charge on any atom is 0.137 e. The van der Waals surface area contributed by atoms with Crippen LogP contribution >= 0.6 is 0 Å². The zero-order valence-corrected chi connectivity index (χ0v) is 8.78. The molecule has 2 aromatic rings. The summed E-state index contributed by atoms with van der Waals surface area (Å²) in [6, 6.07) is 3.93. The van der Waals surface area contributed by atoms with Crippen LogP contribution in [0, 0.1) is 13.8 Å². The van der Waals surface area contributed by atoms with Crippen LogP contribution in [-0.2, 0) is 6.61 Å². The Bertz CT molecular complexity index is 456. The lowest BCUT2D eigenvalue weighted by Crippen LogP contribution is -1.89. The lowest BCUT2D eigenvalue weighted by atomic mass is 10.2. The lowest BCUT2D eigenvalue weighted by Gasteiger charge is -2.00. The molecule has 0 aliphatic heterocycles. The van der Waals surface area contributed by atoms with Crippen molar-refractivity contribution in [2.24, 2.45) is 0 Å². The Kier molecular flexibility index (Phi) is 2.51. The van der Waals surface area contributed by atoms with Gasteiger partial charge in [0.15, 0.2) is 0 Å². The molecule has 2 heterocycles. The first-order valence-electron chi connectivity index (χ1n) is 4.79. The quantitative estimate of drug-likeness (QED) is 0.779. The topological polar surface area (TPSA) is 61.8 Å². The first-order chi connectivity index (χ1) is 7.19. The zero-order chi connectivity index (χ0) is 10.8. The summed E-state index contributed by atoms with van der Waals surface area (Å²) in [6.45, 7) is 3.88. The number of pyridine rings is 1. The van der Waals surface area contributed by atoms with Crippen molar-refractivity contribution >= 4 is 0 Å². The Morgan fingerprint density at radius 1 is 1.27 bits per heavy atom. The van der Waals surface area contributed by atoms with E-state index in [4.69, 9.17) is 5.11 Å². The van der Waals surface area contributed by atoms with Gasteiger partial charge in [-0.3, -0.25) is 4.98 Å². The van der Waals surface area contributed by atoms with Gasteiger partial charge >= 0.3 is 0 Å². The van der Waals surface area contributed by atoms with Crippen molar-refractivity contribution in [3.63, 3.8) is 0 Å². The highest BCUT2D eigenvalue weighted by Gasteiger charge is 2.04. The molecule has 0 spiro atoms. The number of aromatic nitrogens is 3. The summed E-state index contributed by atoms with van der Waals surface area (Å²) < 4.78 is 0. The molecule has 0 amide bonds. The Hall–Kier alpha value is -1.68. The molecule has 2 N–H and O–H groups in total. The molecule has 0 unspecified atom stereocenters. The summed E-state index contributed by atoms with van der Waals surface area (Å²) in [5.41, 5.74) is 3.65. The van der Waals surface area contributed by atoms with Crippen molar-refractivity contribution in [2.45, 2.75) is 20.5 Å². The summed E-state index contributed by atoms with van der Waals surface area (Å²) in [5, 5.41) is 8.92. The maximum atomic E-state index is 8.92. The van der Waals surface area contributed by atoms with Gasteiger partial charge in [0.2, 0.25) is 0 Å². The second kappa shape index (κ2) is 3.82. The molecule has 0 saturated heterocycles. The van der Waals surface area contributed by atoms with Crippen LogP contribution in [0.15, 0.2) is 18.3 Å². The molecule has 0 bridgehead atoms. The van der Waals surface area contributed by atoms with Gasteiger partial charge in [-0.15, -0.1) is 0 Å². The van der Waals surface area contributed by atoms with Crippen LogP contribution < -0.4 is 0 Å². The number of rotatable bonds is 2. The molecular weight excluding hydrogens is 190 g/mol. The molecule has 0 aromatic carbocycles. The molecule has 0 fully saturated rings. The van der Waals surface area contributed by atoms with Crippen molar-refractivity contribution in [3.8, 4) is 11.4 Å². The number of H-pyrrole nitrogens is 1. The predicted octanol–water partition coefficient (Wildman–Crippen LogP) is 1.58. The van der Waals surface area contributed by atoms with Crippen molar-refractivity contribution in [1.29, 1.82) is 0 Å². The lowest BCUT2D eigenvalue weighted by molar-refractivity contribution is 0.277. The first kappa shape index (κ1) is 9.86. The molecule has 0 saturated carbocycles. The fourth-order valence-corrected chi connectivity index (χ4v) is 1.56. The number of hydrogen-bond donors (Lipinski definition) is 2. The van der Waals surface area contributed by atoms with Crippen LogP contribution in [0.2, 0.25) is 0 Å². The smallest absolute Gasteiger partial charge is 0.137 e. The van der Waals surface area contributed by atoms with Gasteiger partial charge in [-0.05, 0) is 26.0 Å². The summed E-state index contributed by atoms with van der Waals surface area (Å²) in [4.78, 5) is 11.5.